The Bertz CT molecular complexity index is 674. The molecule has 6 heteroatoms. The normalized spacial score (nSPS) is 13.4. The summed E-state index contributed by atoms with van der Waals surface area (Å²) in [5, 5.41) is 2.08. The highest BCUT2D eigenvalue weighted by Gasteiger charge is 2.21. The van der Waals surface area contributed by atoms with E-state index >= 15 is 0 Å². The van der Waals surface area contributed by atoms with Crippen LogP contribution >= 0.6 is 15.9 Å². The van der Waals surface area contributed by atoms with Crippen LogP contribution in [0, 0.1) is 0 Å². The lowest BCUT2D eigenvalue weighted by Crippen LogP contribution is -2.29. The molecule has 2 aromatic carbocycles. The molecule has 0 aliphatic heterocycles. The van der Waals surface area contributed by atoms with Gasteiger partial charge in [-0.15, -0.1) is 0 Å². The number of rotatable bonds is 4. The van der Waals surface area contributed by atoms with E-state index in [2.05, 4.69) is 21.2 Å². The lowest BCUT2D eigenvalue weighted by molar-refractivity contribution is -0.115. The molecule has 0 saturated carbocycles. The highest BCUT2D eigenvalue weighted by molar-refractivity contribution is 9.10. The zero-order valence-corrected chi connectivity index (χ0v) is 13.8. The maximum atomic E-state index is 12.4. The van der Waals surface area contributed by atoms with Gasteiger partial charge in [0.25, 0.3) is 0 Å². The average molecular weight is 367 g/mol. The maximum Gasteiger partial charge on any atom is 0.240 e. The molecule has 0 aliphatic rings. The van der Waals surface area contributed by atoms with E-state index in [1.165, 1.54) is 0 Å². The first-order valence-corrected chi connectivity index (χ1v) is 8.30. The van der Waals surface area contributed by atoms with Crippen LogP contribution in [-0.2, 0) is 15.6 Å². The minimum atomic E-state index is -1.41. The van der Waals surface area contributed by atoms with Crippen LogP contribution < -0.4 is 11.1 Å². The Hall–Kier alpha value is -1.66. The van der Waals surface area contributed by atoms with Gasteiger partial charge in [0.15, 0.2) is 0 Å². The van der Waals surface area contributed by atoms with Gasteiger partial charge >= 0.3 is 0 Å². The minimum Gasteiger partial charge on any atom is -0.399 e. The van der Waals surface area contributed by atoms with Crippen molar-refractivity contribution in [2.75, 3.05) is 11.1 Å². The summed E-state index contributed by atoms with van der Waals surface area (Å²) in [6, 6.07) is 14.0. The fourth-order valence-electron chi connectivity index (χ4n) is 1.70. The van der Waals surface area contributed by atoms with Crippen LogP contribution in [0.25, 0.3) is 0 Å². The molecule has 0 saturated heterocycles. The molecule has 3 N–H and O–H groups in total. The molecule has 110 valence electrons. The number of hydrogen-bond acceptors (Lipinski definition) is 3. The summed E-state index contributed by atoms with van der Waals surface area (Å²) >= 11 is 3.33. The first-order chi connectivity index (χ1) is 9.97. The van der Waals surface area contributed by atoms with Gasteiger partial charge in [0.2, 0.25) is 5.91 Å². The van der Waals surface area contributed by atoms with Gasteiger partial charge in [-0.1, -0.05) is 22.0 Å². The zero-order chi connectivity index (χ0) is 15.4. The van der Waals surface area contributed by atoms with Gasteiger partial charge in [0, 0.05) is 20.7 Å². The van der Waals surface area contributed by atoms with Crippen molar-refractivity contribution < 1.29 is 9.00 Å². The highest BCUT2D eigenvalue weighted by atomic mass is 79.9. The molecule has 0 aromatic heterocycles. The maximum absolute atomic E-state index is 12.4. The Morgan fingerprint density at radius 3 is 2.52 bits per heavy atom. The van der Waals surface area contributed by atoms with Gasteiger partial charge in [0.1, 0.15) is 5.25 Å². The number of carbonyl (C=O) groups is 1. The zero-order valence-electron chi connectivity index (χ0n) is 11.4. The summed E-state index contributed by atoms with van der Waals surface area (Å²) in [5.74, 6) is -0.293. The highest BCUT2D eigenvalue weighted by Crippen LogP contribution is 2.18. The molecule has 2 unspecified atom stereocenters. The number of amides is 1. The van der Waals surface area contributed by atoms with Crippen LogP contribution in [0.3, 0.4) is 0 Å². The summed E-state index contributed by atoms with van der Waals surface area (Å²) in [5.41, 5.74) is 6.85. The topological polar surface area (TPSA) is 72.2 Å². The van der Waals surface area contributed by atoms with E-state index < -0.39 is 16.0 Å². The van der Waals surface area contributed by atoms with Gasteiger partial charge in [-0.3, -0.25) is 9.00 Å². The number of carbonyl (C=O) groups excluding carboxylic acids is 1. The first kappa shape index (κ1) is 15.7. The van der Waals surface area contributed by atoms with E-state index in [4.69, 9.17) is 5.73 Å². The molecular formula is C15H15BrN2O2S. The van der Waals surface area contributed by atoms with E-state index in [0.717, 1.165) is 4.47 Å². The molecule has 0 fully saturated rings. The Labute approximate surface area is 134 Å². The van der Waals surface area contributed by atoms with Gasteiger partial charge in [-0.25, -0.2) is 0 Å². The summed E-state index contributed by atoms with van der Waals surface area (Å²) in [7, 11) is -1.41. The van der Waals surface area contributed by atoms with E-state index in [1.807, 2.05) is 6.07 Å². The third-order valence-electron chi connectivity index (χ3n) is 2.90. The Morgan fingerprint density at radius 1 is 1.24 bits per heavy atom. The van der Waals surface area contributed by atoms with Crippen molar-refractivity contribution in [3.05, 3.63) is 53.0 Å². The van der Waals surface area contributed by atoms with Crippen LogP contribution in [0.15, 0.2) is 57.9 Å². The molecule has 0 spiro atoms. The van der Waals surface area contributed by atoms with Crippen LogP contribution in [0.2, 0.25) is 0 Å². The monoisotopic (exact) mass is 366 g/mol. The largest absolute Gasteiger partial charge is 0.399 e. The number of halogens is 1. The molecule has 0 bridgehead atoms. The second kappa shape index (κ2) is 6.87. The number of anilines is 2. The molecule has 1 amide bonds. The lowest BCUT2D eigenvalue weighted by atomic mass is 10.3. The lowest BCUT2D eigenvalue weighted by Gasteiger charge is -2.12. The standard InChI is InChI=1S/C15H15BrN2O2S/c1-10(21(20)14-4-2-3-11(16)9-14)15(19)18-13-7-5-12(17)6-8-13/h2-10H,17H2,1H3,(H,18,19). The van der Waals surface area contributed by atoms with Gasteiger partial charge in [0.05, 0.1) is 10.8 Å². The minimum absolute atomic E-state index is 0.293. The number of hydrogen-bond donors (Lipinski definition) is 2. The molecule has 0 aliphatic carbocycles. The van der Waals surface area contributed by atoms with Crippen molar-refractivity contribution in [3.63, 3.8) is 0 Å². The molecular weight excluding hydrogens is 352 g/mol. The van der Waals surface area contributed by atoms with E-state index in [1.54, 1.807) is 49.4 Å². The third kappa shape index (κ3) is 4.15. The van der Waals surface area contributed by atoms with Crippen molar-refractivity contribution in [3.8, 4) is 0 Å². The van der Waals surface area contributed by atoms with Crippen molar-refractivity contribution in [1.82, 2.24) is 0 Å². The molecule has 2 aromatic rings. The fourth-order valence-corrected chi connectivity index (χ4v) is 3.37. The van der Waals surface area contributed by atoms with Crippen LogP contribution in [0.1, 0.15) is 6.92 Å². The average Bonchev–Trinajstić information content (AvgIpc) is 2.48. The van der Waals surface area contributed by atoms with Crippen LogP contribution in [0.4, 0.5) is 11.4 Å². The van der Waals surface area contributed by atoms with E-state index in [9.17, 15) is 9.00 Å². The van der Waals surface area contributed by atoms with Gasteiger partial charge in [-0.05, 0) is 49.4 Å². The summed E-state index contributed by atoms with van der Waals surface area (Å²) in [6.07, 6.45) is 0. The molecule has 0 radical (unpaired) electrons. The molecule has 2 rings (SSSR count). The van der Waals surface area contributed by atoms with E-state index in [0.29, 0.717) is 16.3 Å². The summed E-state index contributed by atoms with van der Waals surface area (Å²) < 4.78 is 13.2. The summed E-state index contributed by atoms with van der Waals surface area (Å²) in [6.45, 7) is 1.64. The van der Waals surface area contributed by atoms with Crippen molar-refractivity contribution in [2.45, 2.75) is 17.1 Å². The van der Waals surface area contributed by atoms with Crippen molar-refractivity contribution in [1.29, 1.82) is 0 Å². The fraction of sp³-hybridized carbons (Fsp3) is 0.133. The second-order valence-corrected chi connectivity index (χ2v) is 7.20. The van der Waals surface area contributed by atoms with Crippen LogP contribution in [-0.4, -0.2) is 15.4 Å². The molecule has 4 nitrogen and oxygen atoms in total. The Balaban J connectivity index is 2.08. The SMILES string of the molecule is CC(C(=O)Nc1ccc(N)cc1)S(=O)c1cccc(Br)c1. The van der Waals surface area contributed by atoms with Crippen molar-refractivity contribution in [2.24, 2.45) is 0 Å². The number of nitrogens with one attached hydrogen (secondary N) is 1. The Kier molecular flexibility index (Phi) is 5.14. The smallest absolute Gasteiger partial charge is 0.240 e. The first-order valence-electron chi connectivity index (χ1n) is 6.30. The molecule has 2 atom stereocenters. The Morgan fingerprint density at radius 2 is 1.90 bits per heavy atom. The molecule has 21 heavy (non-hydrogen) atoms. The number of benzene rings is 2. The number of nitrogens with two attached hydrogens (primary N) is 1. The van der Waals surface area contributed by atoms with Gasteiger partial charge < -0.3 is 11.1 Å². The molecule has 0 heterocycles. The summed E-state index contributed by atoms with van der Waals surface area (Å²) in [4.78, 5) is 12.8. The number of nitrogen functional groups attached to an aromatic ring is 1. The quantitative estimate of drug-likeness (QED) is 0.816. The third-order valence-corrected chi connectivity index (χ3v) is 4.97. The van der Waals surface area contributed by atoms with Gasteiger partial charge in [-0.2, -0.15) is 0 Å². The van der Waals surface area contributed by atoms with Crippen LogP contribution in [0.5, 0.6) is 0 Å². The predicted molar refractivity (Wildman–Crippen MR) is 89.5 cm³/mol. The second-order valence-electron chi connectivity index (χ2n) is 4.51. The van der Waals surface area contributed by atoms with E-state index in [-0.39, 0.29) is 5.91 Å². The van der Waals surface area contributed by atoms with Crippen molar-refractivity contribution >= 4 is 44.0 Å². The predicted octanol–water partition coefficient (Wildman–Crippen LogP) is 3.17.